The summed E-state index contributed by atoms with van der Waals surface area (Å²) in [5.74, 6) is -3.41. The number of H-pyrrole nitrogens is 1. The molecule has 4 atom stereocenters. The van der Waals surface area contributed by atoms with E-state index in [0.29, 0.717) is 45.1 Å². The predicted octanol–water partition coefficient (Wildman–Crippen LogP) is 2.08. The third kappa shape index (κ3) is 11.1. The van der Waals surface area contributed by atoms with E-state index < -0.39 is 53.8 Å². The molecule has 4 amide bonds. The molecule has 0 aliphatic carbocycles. The second-order valence-electron chi connectivity index (χ2n) is 14.4. The number of fused-ring (bicyclic) bond motifs is 2. The summed E-state index contributed by atoms with van der Waals surface area (Å²) in [5.41, 5.74) is 20.0. The van der Waals surface area contributed by atoms with Crippen LogP contribution in [0.25, 0.3) is 21.7 Å². The summed E-state index contributed by atoms with van der Waals surface area (Å²) in [4.78, 5) is 72.3. The molecule has 0 bridgehead atoms. The Morgan fingerprint density at radius 3 is 2.13 bits per heavy atom. The maximum atomic E-state index is 14.5. The fraction of sp³-hybridized carbons (Fsp3) is 0.439. The first-order valence-corrected chi connectivity index (χ1v) is 19.2. The van der Waals surface area contributed by atoms with E-state index in [1.807, 2.05) is 66.7 Å². The average molecular weight is 755 g/mol. The number of likely N-dealkylation sites (tertiary alicyclic amines) is 1. The predicted molar refractivity (Wildman–Crippen MR) is 212 cm³/mol. The molecule has 3 aromatic carbocycles. The Kier molecular flexibility index (Phi) is 14.7. The Hall–Kier alpha value is -5.31. The molecule has 2 heterocycles. The highest BCUT2D eigenvalue weighted by Gasteiger charge is 2.34. The zero-order valence-corrected chi connectivity index (χ0v) is 31.2. The average Bonchev–Trinajstić information content (AvgIpc) is 3.61. The third-order valence-corrected chi connectivity index (χ3v) is 10.4. The van der Waals surface area contributed by atoms with Gasteiger partial charge < -0.3 is 48.1 Å². The van der Waals surface area contributed by atoms with Gasteiger partial charge in [-0.05, 0) is 79.6 Å². The van der Waals surface area contributed by atoms with Crippen LogP contribution in [0.3, 0.4) is 0 Å². The van der Waals surface area contributed by atoms with E-state index in [4.69, 9.17) is 17.2 Å². The summed E-state index contributed by atoms with van der Waals surface area (Å²) < 4.78 is 0. The van der Waals surface area contributed by atoms with Gasteiger partial charge in [-0.1, -0.05) is 67.1 Å². The molecule has 0 saturated carbocycles. The molecule has 11 N–H and O–H groups in total. The Morgan fingerprint density at radius 2 is 1.40 bits per heavy atom. The zero-order chi connectivity index (χ0) is 39.3. The van der Waals surface area contributed by atoms with Crippen molar-refractivity contribution in [2.45, 2.75) is 82.0 Å². The minimum atomic E-state index is -1.15. The lowest BCUT2D eigenvalue weighted by atomic mass is 9.95. The summed E-state index contributed by atoms with van der Waals surface area (Å²) >= 11 is 0. The van der Waals surface area contributed by atoms with Crippen LogP contribution < -0.4 is 33.2 Å². The Morgan fingerprint density at radius 1 is 0.745 bits per heavy atom. The number of aromatic amines is 1. The second-order valence-corrected chi connectivity index (χ2v) is 14.4. The number of nitrogens with zero attached hydrogens (tertiary/aromatic N) is 1. The fourth-order valence-corrected chi connectivity index (χ4v) is 7.15. The van der Waals surface area contributed by atoms with Gasteiger partial charge in [-0.25, -0.2) is 0 Å². The minimum Gasteiger partial charge on any atom is -0.481 e. The van der Waals surface area contributed by atoms with E-state index >= 15 is 0 Å². The van der Waals surface area contributed by atoms with E-state index in [-0.39, 0.29) is 44.8 Å². The van der Waals surface area contributed by atoms with Crippen LogP contribution in [0.15, 0.2) is 72.9 Å². The molecule has 0 radical (unpaired) electrons. The number of piperidine rings is 1. The molecule has 14 heteroatoms. The summed E-state index contributed by atoms with van der Waals surface area (Å²) in [6, 6.07) is 17.3. The van der Waals surface area contributed by atoms with Crippen LogP contribution in [0.2, 0.25) is 0 Å². The third-order valence-electron chi connectivity index (χ3n) is 10.4. The number of nitrogens with one attached hydrogen (secondary N) is 4. The van der Waals surface area contributed by atoms with Gasteiger partial charge in [0.25, 0.3) is 0 Å². The number of aliphatic carboxylic acids is 1. The Labute approximate surface area is 320 Å². The number of carbonyl (C=O) groups is 5. The number of carboxylic acid groups (broad SMARTS) is 1. The van der Waals surface area contributed by atoms with Gasteiger partial charge in [-0.15, -0.1) is 0 Å². The molecule has 0 unspecified atom stereocenters. The maximum absolute atomic E-state index is 14.5. The molecule has 294 valence electrons. The molecule has 5 rings (SSSR count). The zero-order valence-electron chi connectivity index (χ0n) is 31.2. The van der Waals surface area contributed by atoms with E-state index in [0.717, 1.165) is 32.8 Å². The molecule has 1 saturated heterocycles. The van der Waals surface area contributed by atoms with Crippen LogP contribution in [0.1, 0.15) is 56.1 Å². The Balaban J connectivity index is 1.42. The van der Waals surface area contributed by atoms with Gasteiger partial charge in [0.15, 0.2) is 0 Å². The van der Waals surface area contributed by atoms with Gasteiger partial charge in [-0.3, -0.25) is 24.0 Å². The SMILES string of the molecule is NCCCC[C@H](N)C(=O)N[C@@H](CCCN)C(=O)N[C@H](Cc1c[nH]c2ccccc12)C(=O)N[C@H](Cc1ccc2ccccc2c1)C(=O)N1CCC(C(=O)O)CC1. The highest BCUT2D eigenvalue weighted by Crippen LogP contribution is 2.22. The lowest BCUT2D eigenvalue weighted by Crippen LogP contribution is -2.59. The normalized spacial score (nSPS) is 15.6. The van der Waals surface area contributed by atoms with Crippen molar-refractivity contribution in [2.24, 2.45) is 23.1 Å². The number of hydrogen-bond acceptors (Lipinski definition) is 8. The quantitative estimate of drug-likeness (QED) is 0.0653. The number of nitrogens with two attached hydrogens (primary N) is 3. The lowest BCUT2D eigenvalue weighted by molar-refractivity contribution is -0.146. The lowest BCUT2D eigenvalue weighted by Gasteiger charge is -2.33. The van der Waals surface area contributed by atoms with Crippen molar-refractivity contribution in [3.05, 3.63) is 84.1 Å². The van der Waals surface area contributed by atoms with Crippen LogP contribution >= 0.6 is 0 Å². The van der Waals surface area contributed by atoms with Crippen LogP contribution in [0, 0.1) is 5.92 Å². The minimum absolute atomic E-state index is 0.0820. The maximum Gasteiger partial charge on any atom is 0.306 e. The second kappa shape index (κ2) is 19.9. The molecular weight excluding hydrogens is 701 g/mol. The number of rotatable bonds is 19. The molecule has 4 aromatic rings. The topological polar surface area (TPSA) is 239 Å². The molecule has 0 spiro atoms. The van der Waals surface area contributed by atoms with Crippen molar-refractivity contribution >= 4 is 51.3 Å². The summed E-state index contributed by atoms with van der Waals surface area (Å²) in [7, 11) is 0. The molecule has 1 aliphatic rings. The first-order chi connectivity index (χ1) is 26.6. The van der Waals surface area contributed by atoms with Crippen molar-refractivity contribution in [3.63, 3.8) is 0 Å². The van der Waals surface area contributed by atoms with E-state index in [2.05, 4.69) is 20.9 Å². The molecule has 14 nitrogen and oxygen atoms in total. The van der Waals surface area contributed by atoms with Gasteiger partial charge in [-0.2, -0.15) is 0 Å². The van der Waals surface area contributed by atoms with Crippen molar-refractivity contribution in [1.29, 1.82) is 0 Å². The summed E-state index contributed by atoms with van der Waals surface area (Å²) in [5, 5.41) is 21.1. The van der Waals surface area contributed by atoms with Crippen LogP contribution in [0.5, 0.6) is 0 Å². The highest BCUT2D eigenvalue weighted by molar-refractivity contribution is 5.96. The first-order valence-electron chi connectivity index (χ1n) is 19.2. The highest BCUT2D eigenvalue weighted by atomic mass is 16.4. The largest absolute Gasteiger partial charge is 0.481 e. The number of para-hydroxylation sites is 1. The van der Waals surface area contributed by atoms with E-state index in [1.165, 1.54) is 0 Å². The van der Waals surface area contributed by atoms with E-state index in [1.54, 1.807) is 11.1 Å². The van der Waals surface area contributed by atoms with Crippen molar-refractivity contribution < 1.29 is 29.1 Å². The monoisotopic (exact) mass is 754 g/mol. The van der Waals surface area contributed by atoms with Gasteiger partial charge >= 0.3 is 5.97 Å². The van der Waals surface area contributed by atoms with Crippen LogP contribution in [-0.4, -0.2) is 94.9 Å². The van der Waals surface area contributed by atoms with Crippen LogP contribution in [0.4, 0.5) is 0 Å². The fourth-order valence-electron chi connectivity index (χ4n) is 7.15. The van der Waals surface area contributed by atoms with Crippen molar-refractivity contribution in [2.75, 3.05) is 26.2 Å². The molecule has 1 aliphatic heterocycles. The van der Waals surface area contributed by atoms with Gasteiger partial charge in [0, 0.05) is 43.0 Å². The number of amides is 4. The number of aromatic nitrogens is 1. The van der Waals surface area contributed by atoms with Gasteiger partial charge in [0.05, 0.1) is 12.0 Å². The van der Waals surface area contributed by atoms with E-state index in [9.17, 15) is 29.1 Å². The summed E-state index contributed by atoms with van der Waals surface area (Å²) in [6.07, 6.45) is 5.09. The van der Waals surface area contributed by atoms with Crippen LogP contribution in [-0.2, 0) is 36.8 Å². The smallest absolute Gasteiger partial charge is 0.306 e. The number of carbonyl (C=O) groups excluding carboxylic acids is 4. The molecule has 1 fully saturated rings. The molecule has 1 aromatic heterocycles. The van der Waals surface area contributed by atoms with Crippen molar-refractivity contribution in [3.8, 4) is 0 Å². The van der Waals surface area contributed by atoms with Gasteiger partial charge in [0.2, 0.25) is 23.6 Å². The van der Waals surface area contributed by atoms with Crippen molar-refractivity contribution in [1.82, 2.24) is 25.8 Å². The first kappa shape index (κ1) is 40.9. The van der Waals surface area contributed by atoms with Gasteiger partial charge in [0.1, 0.15) is 18.1 Å². The summed E-state index contributed by atoms with van der Waals surface area (Å²) in [6.45, 7) is 1.25. The Bertz CT molecular complexity index is 1940. The molecular formula is C41H54N8O6. The number of unbranched alkanes of at least 4 members (excludes halogenated alkanes) is 1. The standard InChI is InChI=1S/C41H54N8O6/c42-18-6-5-11-32(44)37(50)46-34(13-7-19-43)38(51)47-35(24-30-25-45-33-12-4-3-10-31(30)33)39(52)48-36(40(53)49-20-16-28(17-21-49)41(54)55)23-26-14-15-27-8-1-2-9-29(27)22-26/h1-4,8-10,12,14-15,22,25,28,32,34-36,45H,5-7,11,13,16-21,23-24,42-44H2,(H,46,50)(H,47,51)(H,48,52)(H,54,55)/t32-,34-,35+,36+/m0/s1. The number of carboxylic acids is 1. The number of hydrogen-bond donors (Lipinski definition) is 8. The molecule has 55 heavy (non-hydrogen) atoms. The number of benzene rings is 3.